The third-order valence-electron chi connectivity index (χ3n) is 2.88. The monoisotopic (exact) mass is 288 g/mol. The topological polar surface area (TPSA) is 50.4 Å². The molecule has 1 amide bonds. The average molecular weight is 288 g/mol. The molecule has 0 aliphatic carbocycles. The Kier molecular flexibility index (Phi) is 4.61. The summed E-state index contributed by atoms with van der Waals surface area (Å²) in [5, 5.41) is 5.73. The number of ether oxygens (including phenoxy) is 1. The summed E-state index contributed by atoms with van der Waals surface area (Å²) < 4.78 is 39.9. The summed E-state index contributed by atoms with van der Waals surface area (Å²) in [4.78, 5) is 11.4. The number of rotatable bonds is 4. The first-order chi connectivity index (χ1) is 9.44. The maximum absolute atomic E-state index is 11.9. The molecule has 1 aliphatic rings. The molecule has 7 heteroatoms. The van der Waals surface area contributed by atoms with E-state index in [1.807, 2.05) is 12.1 Å². The van der Waals surface area contributed by atoms with Crippen molar-refractivity contribution >= 4 is 11.6 Å². The lowest BCUT2D eigenvalue weighted by atomic mass is 10.0. The van der Waals surface area contributed by atoms with Gasteiger partial charge in [0.05, 0.1) is 0 Å². The van der Waals surface area contributed by atoms with Crippen molar-refractivity contribution in [2.45, 2.75) is 19.1 Å². The molecule has 1 aliphatic heterocycles. The van der Waals surface area contributed by atoms with Crippen LogP contribution in [0, 0.1) is 0 Å². The summed E-state index contributed by atoms with van der Waals surface area (Å²) in [6.07, 6.45) is -3.49. The van der Waals surface area contributed by atoms with Gasteiger partial charge in [-0.25, -0.2) is 0 Å². The molecule has 2 N–H and O–H groups in total. The Labute approximate surface area is 114 Å². The van der Waals surface area contributed by atoms with Crippen LogP contribution in [0.15, 0.2) is 18.2 Å². The first-order valence-corrected chi connectivity index (χ1v) is 6.21. The fourth-order valence-corrected chi connectivity index (χ4v) is 2.01. The first-order valence-electron chi connectivity index (χ1n) is 6.21. The van der Waals surface area contributed by atoms with Crippen LogP contribution in [0.3, 0.4) is 0 Å². The minimum atomic E-state index is -4.42. The average Bonchev–Trinajstić information content (AvgIpc) is 2.37. The number of amides is 1. The van der Waals surface area contributed by atoms with Crippen molar-refractivity contribution in [2.75, 3.05) is 25.1 Å². The van der Waals surface area contributed by atoms with E-state index in [2.05, 4.69) is 15.4 Å². The lowest BCUT2D eigenvalue weighted by Gasteiger charge is -2.18. The fraction of sp³-hybridized carbons (Fsp3) is 0.462. The van der Waals surface area contributed by atoms with Gasteiger partial charge < -0.3 is 15.4 Å². The molecule has 0 atom stereocenters. The van der Waals surface area contributed by atoms with E-state index in [1.54, 1.807) is 6.07 Å². The van der Waals surface area contributed by atoms with Gasteiger partial charge in [-0.2, -0.15) is 13.2 Å². The van der Waals surface area contributed by atoms with E-state index in [9.17, 15) is 18.0 Å². The lowest BCUT2D eigenvalue weighted by molar-refractivity contribution is -0.174. The van der Waals surface area contributed by atoms with Gasteiger partial charge in [0.1, 0.15) is 13.2 Å². The largest absolute Gasteiger partial charge is 0.411 e. The van der Waals surface area contributed by atoms with Crippen LogP contribution in [0.25, 0.3) is 0 Å². The number of nitrogens with one attached hydrogen (secondary N) is 2. The summed E-state index contributed by atoms with van der Waals surface area (Å²) in [7, 11) is 0. The van der Waals surface area contributed by atoms with Crippen LogP contribution in [0.5, 0.6) is 0 Å². The standard InChI is InChI=1S/C13H15F3N2O2/c14-13(15,16)8-20-7-12(19)18-11-2-1-9-3-4-17-6-10(9)5-11/h1-2,5,17H,3-4,6-8H2,(H,18,19). The third kappa shape index (κ3) is 4.50. The van der Waals surface area contributed by atoms with Gasteiger partial charge in [0, 0.05) is 12.2 Å². The Hall–Kier alpha value is -1.60. The Morgan fingerprint density at radius 1 is 1.35 bits per heavy atom. The molecule has 2 rings (SSSR count). The SMILES string of the molecule is O=C(COCC(F)(F)F)Nc1ccc2c(c1)CNCC2. The molecule has 0 radical (unpaired) electrons. The van der Waals surface area contributed by atoms with Gasteiger partial charge in [-0.1, -0.05) is 6.07 Å². The summed E-state index contributed by atoms with van der Waals surface area (Å²) in [5.41, 5.74) is 2.87. The van der Waals surface area contributed by atoms with Crippen molar-refractivity contribution in [3.8, 4) is 0 Å². The predicted molar refractivity (Wildman–Crippen MR) is 67.4 cm³/mol. The molecule has 1 aromatic carbocycles. The number of fused-ring (bicyclic) bond motifs is 1. The number of anilines is 1. The van der Waals surface area contributed by atoms with E-state index < -0.39 is 25.3 Å². The third-order valence-corrected chi connectivity index (χ3v) is 2.88. The van der Waals surface area contributed by atoms with E-state index in [4.69, 9.17) is 0 Å². The summed E-state index contributed by atoms with van der Waals surface area (Å²) in [6, 6.07) is 5.48. The predicted octanol–water partition coefficient (Wildman–Crippen LogP) is 1.85. The molecule has 0 aromatic heterocycles. The molecule has 4 nitrogen and oxygen atoms in total. The smallest absolute Gasteiger partial charge is 0.362 e. The van der Waals surface area contributed by atoms with Gasteiger partial charge in [-0.05, 0) is 36.2 Å². The Bertz CT molecular complexity index is 489. The second-order valence-corrected chi connectivity index (χ2v) is 4.57. The highest BCUT2D eigenvalue weighted by Crippen LogP contribution is 2.19. The molecule has 0 spiro atoms. The molecule has 0 fully saturated rings. The van der Waals surface area contributed by atoms with Gasteiger partial charge in [0.15, 0.2) is 0 Å². The van der Waals surface area contributed by atoms with Crippen molar-refractivity contribution < 1.29 is 22.7 Å². The molecule has 1 aromatic rings. The van der Waals surface area contributed by atoms with Gasteiger partial charge in [-0.15, -0.1) is 0 Å². The summed E-state index contributed by atoms with van der Waals surface area (Å²) >= 11 is 0. The van der Waals surface area contributed by atoms with Gasteiger partial charge in [0.2, 0.25) is 5.91 Å². The van der Waals surface area contributed by atoms with Gasteiger partial charge >= 0.3 is 6.18 Å². The van der Waals surface area contributed by atoms with Crippen molar-refractivity contribution in [3.63, 3.8) is 0 Å². The van der Waals surface area contributed by atoms with Crippen LogP contribution in [0.1, 0.15) is 11.1 Å². The fourth-order valence-electron chi connectivity index (χ4n) is 2.01. The number of benzene rings is 1. The van der Waals surface area contributed by atoms with E-state index in [1.165, 1.54) is 5.56 Å². The highest BCUT2D eigenvalue weighted by atomic mass is 19.4. The highest BCUT2D eigenvalue weighted by Gasteiger charge is 2.27. The Morgan fingerprint density at radius 3 is 2.90 bits per heavy atom. The highest BCUT2D eigenvalue weighted by molar-refractivity contribution is 5.91. The molecule has 0 unspecified atom stereocenters. The molecule has 0 saturated heterocycles. The maximum atomic E-state index is 11.9. The Morgan fingerprint density at radius 2 is 2.15 bits per heavy atom. The van der Waals surface area contributed by atoms with Crippen LogP contribution in [0.2, 0.25) is 0 Å². The Balaban J connectivity index is 1.85. The quantitative estimate of drug-likeness (QED) is 0.889. The van der Waals surface area contributed by atoms with Gasteiger partial charge in [0.25, 0.3) is 0 Å². The number of carbonyl (C=O) groups excluding carboxylic acids is 1. The van der Waals surface area contributed by atoms with E-state index in [0.29, 0.717) is 5.69 Å². The second kappa shape index (κ2) is 6.23. The molecule has 110 valence electrons. The number of hydrogen-bond acceptors (Lipinski definition) is 3. The molecule has 0 saturated carbocycles. The normalized spacial score (nSPS) is 14.8. The maximum Gasteiger partial charge on any atom is 0.411 e. The van der Waals surface area contributed by atoms with Crippen molar-refractivity contribution in [1.29, 1.82) is 0 Å². The summed E-state index contributed by atoms with van der Waals surface area (Å²) in [5.74, 6) is -0.599. The minimum Gasteiger partial charge on any atom is -0.362 e. The number of hydrogen-bond donors (Lipinski definition) is 2. The van der Waals surface area contributed by atoms with Crippen LogP contribution < -0.4 is 10.6 Å². The van der Waals surface area contributed by atoms with E-state index in [-0.39, 0.29) is 0 Å². The van der Waals surface area contributed by atoms with Gasteiger partial charge in [-0.3, -0.25) is 4.79 Å². The van der Waals surface area contributed by atoms with Crippen molar-refractivity contribution in [3.05, 3.63) is 29.3 Å². The minimum absolute atomic E-state index is 0.563. The second-order valence-electron chi connectivity index (χ2n) is 4.57. The lowest BCUT2D eigenvalue weighted by Crippen LogP contribution is -2.25. The molecule has 20 heavy (non-hydrogen) atoms. The zero-order valence-corrected chi connectivity index (χ0v) is 10.7. The molecular weight excluding hydrogens is 273 g/mol. The zero-order valence-electron chi connectivity index (χ0n) is 10.7. The number of carbonyl (C=O) groups is 1. The molecule has 1 heterocycles. The van der Waals surface area contributed by atoms with Crippen molar-refractivity contribution in [2.24, 2.45) is 0 Å². The van der Waals surface area contributed by atoms with E-state index >= 15 is 0 Å². The number of halogens is 3. The zero-order chi connectivity index (χ0) is 14.6. The first kappa shape index (κ1) is 14.8. The van der Waals surface area contributed by atoms with Crippen LogP contribution in [-0.4, -0.2) is 31.8 Å². The van der Waals surface area contributed by atoms with Crippen LogP contribution in [0.4, 0.5) is 18.9 Å². The van der Waals surface area contributed by atoms with Crippen molar-refractivity contribution in [1.82, 2.24) is 5.32 Å². The molecule has 0 bridgehead atoms. The molecular formula is C13H15F3N2O2. The summed E-state index contributed by atoms with van der Waals surface area (Å²) in [6.45, 7) is -0.392. The van der Waals surface area contributed by atoms with E-state index in [0.717, 1.165) is 25.1 Å². The van der Waals surface area contributed by atoms with Crippen LogP contribution >= 0.6 is 0 Å². The number of alkyl halides is 3. The van der Waals surface area contributed by atoms with Crippen LogP contribution in [-0.2, 0) is 22.5 Å².